The first-order valence-electron chi connectivity index (χ1n) is 7.16. The van der Waals surface area contributed by atoms with Crippen molar-refractivity contribution in [3.8, 4) is 22.3 Å². The average molecular weight is 286 g/mol. The third-order valence-corrected chi connectivity index (χ3v) is 3.72. The van der Waals surface area contributed by atoms with Crippen LogP contribution < -0.4 is 11.5 Å². The quantitative estimate of drug-likeness (QED) is 0.678. The van der Waals surface area contributed by atoms with E-state index in [1.54, 1.807) is 0 Å². The van der Waals surface area contributed by atoms with Crippen LogP contribution in [0.2, 0.25) is 0 Å². The maximum atomic E-state index is 5.99. The number of hydrogen-bond donors (Lipinski definition) is 2. The molecule has 3 aromatic carbocycles. The molecule has 0 aliphatic rings. The van der Waals surface area contributed by atoms with E-state index in [2.05, 4.69) is 36.9 Å². The van der Waals surface area contributed by atoms with Gasteiger partial charge in [0.05, 0.1) is 0 Å². The predicted octanol–water partition coefficient (Wildman–Crippen LogP) is 4.83. The first-order valence-corrected chi connectivity index (χ1v) is 7.16. The zero-order valence-electron chi connectivity index (χ0n) is 12.3. The van der Waals surface area contributed by atoms with Crippen molar-refractivity contribution < 1.29 is 0 Å². The Labute approximate surface area is 130 Å². The van der Waals surface area contributed by atoms with Crippen molar-refractivity contribution in [1.82, 2.24) is 0 Å². The monoisotopic (exact) mass is 286 g/mol. The normalized spacial score (nSPS) is 10.4. The fourth-order valence-corrected chi connectivity index (χ4v) is 2.51. The lowest BCUT2D eigenvalue weighted by Gasteiger charge is -2.12. The zero-order valence-corrected chi connectivity index (χ0v) is 12.3. The molecule has 4 N–H and O–H groups in total. The molecule has 3 rings (SSSR count). The Bertz CT molecular complexity index is 800. The van der Waals surface area contributed by atoms with Crippen LogP contribution in [-0.4, -0.2) is 0 Å². The van der Waals surface area contributed by atoms with E-state index in [0.717, 1.165) is 39.2 Å². The number of benzene rings is 3. The highest BCUT2D eigenvalue weighted by Crippen LogP contribution is 2.34. The van der Waals surface area contributed by atoms with E-state index >= 15 is 0 Å². The Hall–Kier alpha value is -3.00. The maximum Gasteiger partial charge on any atom is 0.0320 e. The Balaban J connectivity index is 2.14. The molecule has 0 spiro atoms. The number of nitrogen functional groups attached to an aromatic ring is 2. The summed E-state index contributed by atoms with van der Waals surface area (Å²) in [6, 6.07) is 22.2. The molecule has 0 amide bonds. The topological polar surface area (TPSA) is 52.0 Å². The molecule has 108 valence electrons. The smallest absolute Gasteiger partial charge is 0.0320 e. The van der Waals surface area contributed by atoms with Gasteiger partial charge in [-0.05, 0) is 52.1 Å². The van der Waals surface area contributed by atoms with Crippen LogP contribution in [0, 0.1) is 0 Å². The lowest BCUT2D eigenvalue weighted by atomic mass is 9.93. The molecule has 0 fully saturated rings. The molecule has 2 heteroatoms. The van der Waals surface area contributed by atoms with Gasteiger partial charge in [-0.1, -0.05) is 55.1 Å². The average Bonchev–Trinajstić information content (AvgIpc) is 2.56. The van der Waals surface area contributed by atoms with Gasteiger partial charge in [0.2, 0.25) is 0 Å². The summed E-state index contributed by atoms with van der Waals surface area (Å²) in [5, 5.41) is 0. The first-order chi connectivity index (χ1) is 10.7. The van der Waals surface area contributed by atoms with Crippen molar-refractivity contribution in [2.24, 2.45) is 0 Å². The van der Waals surface area contributed by atoms with Crippen LogP contribution in [0.1, 0.15) is 5.56 Å². The van der Waals surface area contributed by atoms with Gasteiger partial charge in [0.15, 0.2) is 0 Å². The van der Waals surface area contributed by atoms with Crippen LogP contribution in [0.25, 0.3) is 28.3 Å². The fraction of sp³-hybridized carbons (Fsp3) is 0. The van der Waals surface area contributed by atoms with Crippen molar-refractivity contribution in [1.29, 1.82) is 0 Å². The van der Waals surface area contributed by atoms with Gasteiger partial charge < -0.3 is 11.5 Å². The molecule has 3 aromatic rings. The van der Waals surface area contributed by atoms with Crippen LogP contribution in [0.3, 0.4) is 0 Å². The van der Waals surface area contributed by atoms with Crippen molar-refractivity contribution in [3.63, 3.8) is 0 Å². The van der Waals surface area contributed by atoms with Crippen LogP contribution in [0.4, 0.5) is 11.4 Å². The van der Waals surface area contributed by atoms with E-state index in [0.29, 0.717) is 0 Å². The summed E-state index contributed by atoms with van der Waals surface area (Å²) >= 11 is 0. The summed E-state index contributed by atoms with van der Waals surface area (Å²) in [4.78, 5) is 0. The van der Waals surface area contributed by atoms with Crippen molar-refractivity contribution in [3.05, 3.63) is 78.9 Å². The largest absolute Gasteiger partial charge is 0.399 e. The molecule has 22 heavy (non-hydrogen) atoms. The van der Waals surface area contributed by atoms with E-state index in [1.165, 1.54) is 0 Å². The molecule has 0 unspecified atom stereocenters. The SMILES string of the molecule is C=Cc1ccc(-c2cc(N)ccc2-c2ccc(N)cc2)cc1. The van der Waals surface area contributed by atoms with E-state index in [-0.39, 0.29) is 0 Å². The minimum atomic E-state index is 0.752. The van der Waals surface area contributed by atoms with E-state index < -0.39 is 0 Å². The van der Waals surface area contributed by atoms with Gasteiger partial charge in [0.25, 0.3) is 0 Å². The molecule has 0 bridgehead atoms. The Morgan fingerprint density at radius 2 is 1.18 bits per heavy atom. The number of hydrogen-bond acceptors (Lipinski definition) is 2. The second-order valence-corrected chi connectivity index (χ2v) is 5.25. The lowest BCUT2D eigenvalue weighted by molar-refractivity contribution is 1.57. The second kappa shape index (κ2) is 5.78. The highest BCUT2D eigenvalue weighted by molar-refractivity contribution is 5.86. The van der Waals surface area contributed by atoms with Crippen LogP contribution >= 0.6 is 0 Å². The standard InChI is InChI=1S/C20H18N2/c1-2-14-3-5-16(6-4-14)20-13-18(22)11-12-19(20)15-7-9-17(21)10-8-15/h2-13H,1,21-22H2. The number of nitrogens with two attached hydrogens (primary N) is 2. The summed E-state index contributed by atoms with van der Waals surface area (Å²) in [6.45, 7) is 3.79. The Kier molecular flexibility index (Phi) is 3.67. The minimum absolute atomic E-state index is 0.752. The molecule has 0 heterocycles. The molecule has 0 aromatic heterocycles. The lowest BCUT2D eigenvalue weighted by Crippen LogP contribution is -1.91. The number of anilines is 2. The van der Waals surface area contributed by atoms with Gasteiger partial charge in [-0.15, -0.1) is 0 Å². The summed E-state index contributed by atoms with van der Waals surface area (Å²) < 4.78 is 0. The minimum Gasteiger partial charge on any atom is -0.399 e. The highest BCUT2D eigenvalue weighted by Gasteiger charge is 2.08. The molecular weight excluding hydrogens is 268 g/mol. The first kappa shape index (κ1) is 14.0. The summed E-state index contributed by atoms with van der Waals surface area (Å²) in [5.74, 6) is 0. The third-order valence-electron chi connectivity index (χ3n) is 3.72. The molecule has 0 saturated heterocycles. The second-order valence-electron chi connectivity index (χ2n) is 5.25. The van der Waals surface area contributed by atoms with Crippen molar-refractivity contribution in [2.45, 2.75) is 0 Å². The van der Waals surface area contributed by atoms with Crippen molar-refractivity contribution in [2.75, 3.05) is 11.5 Å². The van der Waals surface area contributed by atoms with Crippen LogP contribution in [-0.2, 0) is 0 Å². The molecule has 0 saturated carbocycles. The predicted molar refractivity (Wildman–Crippen MR) is 96.2 cm³/mol. The highest BCUT2D eigenvalue weighted by atomic mass is 14.5. The molecule has 2 nitrogen and oxygen atoms in total. The maximum absolute atomic E-state index is 5.99. The van der Waals surface area contributed by atoms with Gasteiger partial charge in [-0.25, -0.2) is 0 Å². The molecule has 0 atom stereocenters. The van der Waals surface area contributed by atoms with Gasteiger partial charge >= 0.3 is 0 Å². The molecule has 0 radical (unpaired) electrons. The molecular formula is C20H18N2. The van der Waals surface area contributed by atoms with Gasteiger partial charge in [-0.2, -0.15) is 0 Å². The zero-order chi connectivity index (χ0) is 15.5. The molecule has 0 aliphatic carbocycles. The van der Waals surface area contributed by atoms with Gasteiger partial charge in [0, 0.05) is 11.4 Å². The number of rotatable bonds is 3. The third kappa shape index (κ3) is 2.72. The van der Waals surface area contributed by atoms with Gasteiger partial charge in [0.1, 0.15) is 0 Å². The van der Waals surface area contributed by atoms with E-state index in [4.69, 9.17) is 11.5 Å². The summed E-state index contributed by atoms with van der Waals surface area (Å²) in [7, 11) is 0. The summed E-state index contributed by atoms with van der Waals surface area (Å²) in [6.07, 6.45) is 1.84. The van der Waals surface area contributed by atoms with E-state index in [9.17, 15) is 0 Å². The van der Waals surface area contributed by atoms with E-state index in [1.807, 2.05) is 42.5 Å². The van der Waals surface area contributed by atoms with Crippen molar-refractivity contribution >= 4 is 17.5 Å². The Morgan fingerprint density at radius 1 is 0.636 bits per heavy atom. The Morgan fingerprint density at radius 3 is 1.82 bits per heavy atom. The molecule has 0 aliphatic heterocycles. The van der Waals surface area contributed by atoms with Gasteiger partial charge in [-0.3, -0.25) is 0 Å². The fourth-order valence-electron chi connectivity index (χ4n) is 2.51. The van der Waals surface area contributed by atoms with Crippen LogP contribution in [0.15, 0.2) is 73.3 Å². The summed E-state index contributed by atoms with van der Waals surface area (Å²) in [5.41, 5.74) is 18.9. The van der Waals surface area contributed by atoms with Crippen LogP contribution in [0.5, 0.6) is 0 Å².